The van der Waals surface area contributed by atoms with Crippen molar-refractivity contribution < 1.29 is 24.2 Å². The lowest BCUT2D eigenvalue weighted by molar-refractivity contribution is -0.167. The molecule has 1 N–H and O–H groups in total. The Labute approximate surface area is 112 Å². The van der Waals surface area contributed by atoms with Crippen LogP contribution < -0.4 is 0 Å². The Bertz CT molecular complexity index is 340. The van der Waals surface area contributed by atoms with Crippen molar-refractivity contribution in [2.24, 2.45) is 0 Å². The van der Waals surface area contributed by atoms with Crippen LogP contribution in [0.25, 0.3) is 0 Å². The number of hydrogen-bond acceptors (Lipinski definition) is 4. The molecule has 3 atom stereocenters. The monoisotopic (exact) mass is 271 g/mol. The number of carbonyl (C=O) groups excluding carboxylic acids is 1. The van der Waals surface area contributed by atoms with Crippen molar-refractivity contribution in [2.45, 2.75) is 50.9 Å². The highest BCUT2D eigenvalue weighted by Gasteiger charge is 2.33. The number of amides is 1. The third kappa shape index (κ3) is 3.91. The van der Waals surface area contributed by atoms with Crippen LogP contribution >= 0.6 is 0 Å². The quantitative estimate of drug-likeness (QED) is 0.815. The van der Waals surface area contributed by atoms with E-state index in [0.717, 1.165) is 25.9 Å². The number of carboxylic acids is 1. The third-order valence-corrected chi connectivity index (χ3v) is 3.56. The Hall–Kier alpha value is -1.14. The zero-order valence-electron chi connectivity index (χ0n) is 11.2. The van der Waals surface area contributed by atoms with Crippen LogP contribution in [0.1, 0.15) is 32.6 Å². The van der Waals surface area contributed by atoms with Crippen molar-refractivity contribution in [1.82, 2.24) is 4.90 Å². The van der Waals surface area contributed by atoms with E-state index in [4.69, 9.17) is 14.6 Å². The number of hydrogen-bond donors (Lipinski definition) is 1. The fourth-order valence-electron chi connectivity index (χ4n) is 2.58. The standard InChI is InChI=1S/C13H21NO5/c1-9-7-14(8-11(19-9)13(16)17)12(15)6-10-4-2-3-5-18-10/h9-11H,2-8H2,1H3,(H,16,17)/t9-,10?,11?/m1/s1. The molecule has 0 radical (unpaired) electrons. The van der Waals surface area contributed by atoms with Gasteiger partial charge in [-0.3, -0.25) is 4.79 Å². The van der Waals surface area contributed by atoms with E-state index >= 15 is 0 Å². The van der Waals surface area contributed by atoms with E-state index < -0.39 is 12.1 Å². The summed E-state index contributed by atoms with van der Waals surface area (Å²) in [5, 5.41) is 8.99. The molecule has 2 rings (SSSR count). The lowest BCUT2D eigenvalue weighted by Gasteiger charge is -2.36. The number of morpholine rings is 1. The van der Waals surface area contributed by atoms with E-state index in [-0.39, 0.29) is 24.7 Å². The highest BCUT2D eigenvalue weighted by Crippen LogP contribution is 2.18. The first-order valence-electron chi connectivity index (χ1n) is 6.84. The van der Waals surface area contributed by atoms with E-state index in [9.17, 15) is 9.59 Å². The fraction of sp³-hybridized carbons (Fsp3) is 0.846. The molecule has 1 amide bonds. The van der Waals surface area contributed by atoms with Gasteiger partial charge in [-0.2, -0.15) is 0 Å². The molecule has 2 aliphatic rings. The Kier molecular flexibility index (Phi) is 4.76. The number of carboxylic acid groups (broad SMARTS) is 1. The molecule has 2 aliphatic heterocycles. The summed E-state index contributed by atoms with van der Waals surface area (Å²) in [7, 11) is 0. The van der Waals surface area contributed by atoms with Crippen LogP contribution in [0.15, 0.2) is 0 Å². The minimum Gasteiger partial charge on any atom is -0.479 e. The molecule has 0 spiro atoms. The van der Waals surface area contributed by atoms with Crippen molar-refractivity contribution in [3.05, 3.63) is 0 Å². The van der Waals surface area contributed by atoms with Crippen molar-refractivity contribution in [2.75, 3.05) is 19.7 Å². The maximum atomic E-state index is 12.2. The molecule has 2 unspecified atom stereocenters. The molecule has 0 saturated carbocycles. The van der Waals surface area contributed by atoms with Crippen LogP contribution in [-0.4, -0.2) is 59.9 Å². The molecule has 0 bridgehead atoms. The van der Waals surface area contributed by atoms with Crippen molar-refractivity contribution >= 4 is 11.9 Å². The predicted octanol–water partition coefficient (Wildman–Crippen LogP) is 0.646. The van der Waals surface area contributed by atoms with Gasteiger partial charge >= 0.3 is 5.97 Å². The lowest BCUT2D eigenvalue weighted by atomic mass is 10.1. The van der Waals surface area contributed by atoms with Gasteiger partial charge in [0.2, 0.25) is 5.91 Å². The van der Waals surface area contributed by atoms with Crippen LogP contribution in [0.4, 0.5) is 0 Å². The normalized spacial score (nSPS) is 32.1. The summed E-state index contributed by atoms with van der Waals surface area (Å²) >= 11 is 0. The summed E-state index contributed by atoms with van der Waals surface area (Å²) < 4.78 is 10.8. The summed E-state index contributed by atoms with van der Waals surface area (Å²) in [5.74, 6) is -1.05. The van der Waals surface area contributed by atoms with Gasteiger partial charge < -0.3 is 19.5 Å². The summed E-state index contributed by atoms with van der Waals surface area (Å²) in [6.07, 6.45) is 2.23. The first-order valence-corrected chi connectivity index (χ1v) is 6.84. The van der Waals surface area contributed by atoms with Gasteiger partial charge in [0.15, 0.2) is 6.10 Å². The van der Waals surface area contributed by atoms with E-state index in [1.54, 1.807) is 11.8 Å². The molecule has 0 aromatic heterocycles. The molecule has 2 heterocycles. The summed E-state index contributed by atoms with van der Waals surface area (Å²) in [6, 6.07) is 0. The molecule has 108 valence electrons. The highest BCUT2D eigenvalue weighted by molar-refractivity contribution is 5.79. The first-order chi connectivity index (χ1) is 9.06. The molecule has 19 heavy (non-hydrogen) atoms. The van der Waals surface area contributed by atoms with Crippen LogP contribution in [0, 0.1) is 0 Å². The second-order valence-corrected chi connectivity index (χ2v) is 5.27. The van der Waals surface area contributed by atoms with Crippen LogP contribution in [0.5, 0.6) is 0 Å². The molecular weight excluding hydrogens is 250 g/mol. The number of carbonyl (C=O) groups is 2. The van der Waals surface area contributed by atoms with Crippen molar-refractivity contribution in [1.29, 1.82) is 0 Å². The molecule has 6 nitrogen and oxygen atoms in total. The largest absolute Gasteiger partial charge is 0.479 e. The van der Waals surface area contributed by atoms with E-state index in [1.165, 1.54) is 0 Å². The number of nitrogens with zero attached hydrogens (tertiary/aromatic N) is 1. The van der Waals surface area contributed by atoms with Gasteiger partial charge in [0, 0.05) is 13.2 Å². The van der Waals surface area contributed by atoms with E-state index in [0.29, 0.717) is 13.0 Å². The van der Waals surface area contributed by atoms with Gasteiger partial charge in [0.1, 0.15) is 0 Å². The molecule has 0 aromatic carbocycles. The average Bonchev–Trinajstić information content (AvgIpc) is 2.39. The van der Waals surface area contributed by atoms with E-state index in [2.05, 4.69) is 0 Å². The van der Waals surface area contributed by atoms with Crippen LogP contribution in [-0.2, 0) is 19.1 Å². The molecule has 2 saturated heterocycles. The highest BCUT2D eigenvalue weighted by atomic mass is 16.5. The molecular formula is C13H21NO5. The van der Waals surface area contributed by atoms with Gasteiger partial charge in [-0.05, 0) is 26.2 Å². The van der Waals surface area contributed by atoms with Crippen molar-refractivity contribution in [3.8, 4) is 0 Å². The van der Waals surface area contributed by atoms with Crippen LogP contribution in [0.3, 0.4) is 0 Å². The van der Waals surface area contributed by atoms with E-state index in [1.807, 2.05) is 0 Å². The zero-order valence-corrected chi connectivity index (χ0v) is 11.2. The van der Waals surface area contributed by atoms with Gasteiger partial charge in [-0.15, -0.1) is 0 Å². The first kappa shape index (κ1) is 14.3. The number of rotatable bonds is 3. The minimum atomic E-state index is -1.02. The second kappa shape index (κ2) is 6.34. The number of ether oxygens (including phenoxy) is 2. The topological polar surface area (TPSA) is 76.1 Å². The summed E-state index contributed by atoms with van der Waals surface area (Å²) in [5.41, 5.74) is 0. The SMILES string of the molecule is C[C@@H]1CN(C(=O)CC2CCCCO2)CC(C(=O)O)O1. The Morgan fingerprint density at radius 2 is 2.11 bits per heavy atom. The van der Waals surface area contributed by atoms with Crippen LogP contribution in [0.2, 0.25) is 0 Å². The second-order valence-electron chi connectivity index (χ2n) is 5.27. The van der Waals surface area contributed by atoms with Crippen molar-refractivity contribution in [3.63, 3.8) is 0 Å². The molecule has 0 aliphatic carbocycles. The molecule has 6 heteroatoms. The molecule has 0 aromatic rings. The number of aliphatic carboxylic acids is 1. The minimum absolute atomic E-state index is 0.0114. The zero-order chi connectivity index (χ0) is 13.8. The van der Waals surface area contributed by atoms with Gasteiger partial charge in [0.25, 0.3) is 0 Å². The maximum Gasteiger partial charge on any atom is 0.334 e. The summed E-state index contributed by atoms with van der Waals surface area (Å²) in [4.78, 5) is 24.7. The summed E-state index contributed by atoms with van der Waals surface area (Å²) in [6.45, 7) is 3.09. The smallest absolute Gasteiger partial charge is 0.334 e. The predicted molar refractivity (Wildman–Crippen MR) is 66.8 cm³/mol. The fourth-order valence-corrected chi connectivity index (χ4v) is 2.58. The Balaban J connectivity index is 1.88. The van der Waals surface area contributed by atoms with Gasteiger partial charge in [-0.1, -0.05) is 0 Å². The van der Waals surface area contributed by atoms with Gasteiger partial charge in [-0.25, -0.2) is 4.79 Å². The van der Waals surface area contributed by atoms with Gasteiger partial charge in [0.05, 0.1) is 25.2 Å². The average molecular weight is 271 g/mol. The molecule has 2 fully saturated rings. The Morgan fingerprint density at radius 3 is 2.74 bits per heavy atom. The maximum absolute atomic E-state index is 12.2. The third-order valence-electron chi connectivity index (χ3n) is 3.56. The Morgan fingerprint density at radius 1 is 1.32 bits per heavy atom. The lowest BCUT2D eigenvalue weighted by Crippen LogP contribution is -2.52.